The van der Waals surface area contributed by atoms with Gasteiger partial charge in [0.15, 0.2) is 0 Å². The van der Waals surface area contributed by atoms with E-state index < -0.39 is 11.9 Å². The van der Waals surface area contributed by atoms with Gasteiger partial charge in [-0.15, -0.1) is 0 Å². The van der Waals surface area contributed by atoms with Crippen molar-refractivity contribution in [1.29, 1.82) is 0 Å². The van der Waals surface area contributed by atoms with Crippen molar-refractivity contribution in [2.75, 3.05) is 19.0 Å². The van der Waals surface area contributed by atoms with E-state index in [2.05, 4.69) is 5.32 Å². The fourth-order valence-corrected chi connectivity index (χ4v) is 2.56. The smallest absolute Gasteiger partial charge is 0.311 e. The Morgan fingerprint density at radius 3 is 2.64 bits per heavy atom. The van der Waals surface area contributed by atoms with Gasteiger partial charge in [0, 0.05) is 23.0 Å². The molecule has 5 heteroatoms. The summed E-state index contributed by atoms with van der Waals surface area (Å²) in [7, 11) is 1.63. The van der Waals surface area contributed by atoms with Crippen LogP contribution in [0.2, 0.25) is 0 Å². The minimum Gasteiger partial charge on any atom is -0.497 e. The molecule has 1 heterocycles. The van der Waals surface area contributed by atoms with E-state index in [-0.39, 0.29) is 0 Å². The maximum Gasteiger partial charge on any atom is 0.311 e. The van der Waals surface area contributed by atoms with Crippen LogP contribution in [0.4, 0.5) is 11.4 Å². The Bertz CT molecular complexity index is 682. The van der Waals surface area contributed by atoms with Gasteiger partial charge in [-0.3, -0.25) is 4.79 Å². The molecule has 0 bridgehead atoms. The Morgan fingerprint density at radius 1 is 1.23 bits per heavy atom. The highest BCUT2D eigenvalue weighted by atomic mass is 16.5. The molecule has 114 valence electrons. The number of anilines is 2. The summed E-state index contributed by atoms with van der Waals surface area (Å²) in [5, 5.41) is 12.5. The lowest BCUT2D eigenvalue weighted by molar-refractivity contribution is -0.139. The highest BCUT2D eigenvalue weighted by Crippen LogP contribution is 2.36. The largest absolute Gasteiger partial charge is 0.497 e. The topological polar surface area (TPSA) is 67.8 Å². The van der Waals surface area contributed by atoms with Crippen molar-refractivity contribution >= 4 is 17.3 Å². The number of methoxy groups -OCH3 is 1. The van der Waals surface area contributed by atoms with Gasteiger partial charge in [0.05, 0.1) is 19.6 Å². The first-order valence-corrected chi connectivity index (χ1v) is 7.08. The predicted octanol–water partition coefficient (Wildman–Crippen LogP) is 3.39. The molecule has 2 aromatic carbocycles. The van der Waals surface area contributed by atoms with E-state index in [0.29, 0.717) is 18.8 Å². The predicted molar refractivity (Wildman–Crippen MR) is 83.2 cm³/mol. The second-order valence-electron chi connectivity index (χ2n) is 5.13. The molecule has 0 amide bonds. The van der Waals surface area contributed by atoms with Crippen LogP contribution in [0.25, 0.3) is 0 Å². The average Bonchev–Trinajstić information content (AvgIpc) is 2.54. The summed E-state index contributed by atoms with van der Waals surface area (Å²) in [6, 6.07) is 13.1. The third-order valence-corrected chi connectivity index (χ3v) is 3.73. The summed E-state index contributed by atoms with van der Waals surface area (Å²) >= 11 is 0. The Morgan fingerprint density at radius 2 is 1.95 bits per heavy atom. The molecule has 2 aromatic rings. The molecule has 1 atom stereocenters. The number of fused-ring (bicyclic) bond motifs is 1. The van der Waals surface area contributed by atoms with Crippen molar-refractivity contribution in [3.8, 4) is 11.5 Å². The molecule has 22 heavy (non-hydrogen) atoms. The first-order valence-electron chi connectivity index (χ1n) is 7.08. The lowest BCUT2D eigenvalue weighted by Gasteiger charge is -2.23. The molecule has 1 aliphatic rings. The van der Waals surface area contributed by atoms with Crippen molar-refractivity contribution in [2.24, 2.45) is 0 Å². The minimum absolute atomic E-state index is 0.427. The Hall–Kier alpha value is -2.69. The van der Waals surface area contributed by atoms with Gasteiger partial charge in [-0.05, 0) is 36.8 Å². The third kappa shape index (κ3) is 2.83. The molecule has 0 radical (unpaired) electrons. The summed E-state index contributed by atoms with van der Waals surface area (Å²) in [4.78, 5) is 11.3. The van der Waals surface area contributed by atoms with E-state index in [0.717, 1.165) is 22.7 Å². The Kier molecular flexibility index (Phi) is 3.87. The maximum absolute atomic E-state index is 11.3. The number of hydrogen-bond acceptors (Lipinski definition) is 4. The van der Waals surface area contributed by atoms with Gasteiger partial charge in [-0.25, -0.2) is 0 Å². The molecule has 1 aliphatic heterocycles. The second kappa shape index (κ2) is 5.97. The number of nitrogens with one attached hydrogen (secondary N) is 1. The molecule has 1 unspecified atom stereocenters. The van der Waals surface area contributed by atoms with Crippen molar-refractivity contribution < 1.29 is 19.4 Å². The number of benzene rings is 2. The zero-order valence-electron chi connectivity index (χ0n) is 12.2. The van der Waals surface area contributed by atoms with Gasteiger partial charge in [-0.1, -0.05) is 6.07 Å². The van der Waals surface area contributed by atoms with Crippen LogP contribution in [0.3, 0.4) is 0 Å². The van der Waals surface area contributed by atoms with E-state index in [1.165, 1.54) is 0 Å². The summed E-state index contributed by atoms with van der Waals surface area (Å²) in [6.45, 7) is 0.427. The second-order valence-corrected chi connectivity index (χ2v) is 5.13. The third-order valence-electron chi connectivity index (χ3n) is 3.73. The number of aliphatic carboxylic acids is 1. The summed E-state index contributed by atoms with van der Waals surface area (Å²) in [6.07, 6.45) is 0.508. The molecule has 3 rings (SSSR count). The number of carbonyl (C=O) groups is 1. The molecule has 0 saturated heterocycles. The first-order chi connectivity index (χ1) is 10.7. The van der Waals surface area contributed by atoms with Gasteiger partial charge in [-0.2, -0.15) is 0 Å². The average molecular weight is 299 g/mol. The fraction of sp³-hybridized carbons (Fsp3) is 0.235. The Labute approximate surface area is 128 Å². The quantitative estimate of drug-likeness (QED) is 0.905. The normalized spacial score (nSPS) is 16.3. The maximum atomic E-state index is 11.3. The molecule has 2 N–H and O–H groups in total. The monoisotopic (exact) mass is 299 g/mol. The number of rotatable bonds is 4. The van der Waals surface area contributed by atoms with Crippen LogP contribution in [0, 0.1) is 0 Å². The number of ether oxygens (including phenoxy) is 2. The highest BCUT2D eigenvalue weighted by Gasteiger charge is 2.27. The first kappa shape index (κ1) is 14.3. The van der Waals surface area contributed by atoms with Crippen molar-refractivity contribution in [1.82, 2.24) is 0 Å². The Balaban J connectivity index is 1.82. The zero-order valence-corrected chi connectivity index (χ0v) is 12.2. The van der Waals surface area contributed by atoms with E-state index in [1.807, 2.05) is 42.5 Å². The summed E-state index contributed by atoms with van der Waals surface area (Å²) in [5.74, 6) is 0.139. The van der Waals surface area contributed by atoms with Gasteiger partial charge in [0.25, 0.3) is 0 Å². The molecule has 0 aromatic heterocycles. The van der Waals surface area contributed by atoms with E-state index in [9.17, 15) is 9.90 Å². The standard InChI is InChI=1S/C17H17NO4/c1-21-13-5-2-11(3-6-13)18-12-4-7-14-15(17(19)20)8-9-22-16(14)10-12/h2-7,10,15,18H,8-9H2,1H3,(H,19,20). The van der Waals surface area contributed by atoms with Crippen LogP contribution in [0.5, 0.6) is 11.5 Å². The molecular weight excluding hydrogens is 282 g/mol. The van der Waals surface area contributed by atoms with Gasteiger partial charge < -0.3 is 19.9 Å². The van der Waals surface area contributed by atoms with E-state index >= 15 is 0 Å². The molecule has 0 spiro atoms. The van der Waals surface area contributed by atoms with Gasteiger partial charge in [0.1, 0.15) is 11.5 Å². The van der Waals surface area contributed by atoms with E-state index in [4.69, 9.17) is 9.47 Å². The summed E-state index contributed by atoms with van der Waals surface area (Å²) < 4.78 is 10.7. The fourth-order valence-electron chi connectivity index (χ4n) is 2.56. The van der Waals surface area contributed by atoms with Crippen LogP contribution in [0.1, 0.15) is 17.9 Å². The van der Waals surface area contributed by atoms with Crippen LogP contribution in [-0.4, -0.2) is 24.8 Å². The van der Waals surface area contributed by atoms with Crippen molar-refractivity contribution in [2.45, 2.75) is 12.3 Å². The summed E-state index contributed by atoms with van der Waals surface area (Å²) in [5.41, 5.74) is 2.51. The van der Waals surface area contributed by atoms with Crippen molar-refractivity contribution in [3.05, 3.63) is 48.0 Å². The lowest BCUT2D eigenvalue weighted by Crippen LogP contribution is -2.20. The van der Waals surface area contributed by atoms with Gasteiger partial charge >= 0.3 is 5.97 Å². The van der Waals surface area contributed by atoms with E-state index in [1.54, 1.807) is 7.11 Å². The van der Waals surface area contributed by atoms with Gasteiger partial charge in [0.2, 0.25) is 0 Å². The minimum atomic E-state index is -0.805. The lowest BCUT2D eigenvalue weighted by atomic mass is 9.93. The van der Waals surface area contributed by atoms with Crippen LogP contribution in [-0.2, 0) is 4.79 Å². The molecule has 0 fully saturated rings. The number of carboxylic acids is 1. The SMILES string of the molecule is COc1ccc(Nc2ccc3c(c2)OCCC3C(=O)O)cc1. The van der Waals surface area contributed by atoms with Crippen LogP contribution in [0.15, 0.2) is 42.5 Å². The van der Waals surface area contributed by atoms with Crippen LogP contribution < -0.4 is 14.8 Å². The number of carboxylic acid groups (broad SMARTS) is 1. The molecule has 0 aliphatic carbocycles. The van der Waals surface area contributed by atoms with Crippen LogP contribution >= 0.6 is 0 Å². The number of hydrogen-bond donors (Lipinski definition) is 2. The molecule has 0 saturated carbocycles. The van der Waals surface area contributed by atoms with Crippen molar-refractivity contribution in [3.63, 3.8) is 0 Å². The zero-order chi connectivity index (χ0) is 15.5. The highest BCUT2D eigenvalue weighted by molar-refractivity contribution is 5.78. The molecule has 5 nitrogen and oxygen atoms in total. The molecular formula is C17H17NO4.